The van der Waals surface area contributed by atoms with E-state index in [1.807, 2.05) is 20.8 Å². The summed E-state index contributed by atoms with van der Waals surface area (Å²) >= 11 is 3.26. The number of rotatable bonds is 3. The third-order valence-electron chi connectivity index (χ3n) is 3.45. The van der Waals surface area contributed by atoms with Crippen molar-refractivity contribution in [2.75, 3.05) is 6.54 Å². The molecule has 0 radical (unpaired) electrons. The number of hydrogen-bond acceptors (Lipinski definition) is 4. The summed E-state index contributed by atoms with van der Waals surface area (Å²) in [4.78, 5) is 12.5. The molecule has 1 heterocycles. The van der Waals surface area contributed by atoms with Gasteiger partial charge in [0.25, 0.3) is 0 Å². The van der Waals surface area contributed by atoms with Crippen molar-refractivity contribution in [2.45, 2.75) is 49.8 Å². The average Bonchev–Trinajstić information content (AvgIpc) is 2.80. The van der Waals surface area contributed by atoms with Crippen molar-refractivity contribution >= 4 is 31.9 Å². The van der Waals surface area contributed by atoms with Crippen LogP contribution in [0.5, 0.6) is 0 Å². The number of β-amino-alcohol motifs (C(OH)–C–C–N with tert-alkyl or cyclic N) is 1. The zero-order chi connectivity index (χ0) is 17.4. The standard InChI is InChI=1S/C15H21BrN2O4S/c1-15(2,3)17-14(20)13-8-11(19)9-18(13)23(21,22)12-6-4-10(16)5-7-12/h4-7,11,13,19H,8-9H2,1-3H3,(H,17,20). The van der Waals surface area contributed by atoms with Crippen molar-refractivity contribution in [3.63, 3.8) is 0 Å². The zero-order valence-electron chi connectivity index (χ0n) is 13.3. The van der Waals surface area contributed by atoms with Crippen LogP contribution in [0.3, 0.4) is 0 Å². The number of carbonyl (C=O) groups is 1. The number of carbonyl (C=O) groups excluding carboxylic acids is 1. The molecule has 2 atom stereocenters. The Balaban J connectivity index is 2.31. The van der Waals surface area contributed by atoms with Crippen molar-refractivity contribution in [2.24, 2.45) is 0 Å². The fourth-order valence-electron chi connectivity index (χ4n) is 2.48. The number of nitrogens with zero attached hydrogens (tertiary/aromatic N) is 1. The van der Waals surface area contributed by atoms with Crippen LogP contribution in [0, 0.1) is 0 Å². The first-order valence-electron chi connectivity index (χ1n) is 7.28. The van der Waals surface area contributed by atoms with E-state index in [0.29, 0.717) is 0 Å². The molecule has 8 heteroatoms. The van der Waals surface area contributed by atoms with E-state index in [4.69, 9.17) is 0 Å². The lowest BCUT2D eigenvalue weighted by molar-refractivity contribution is -0.125. The van der Waals surface area contributed by atoms with Crippen LogP contribution >= 0.6 is 15.9 Å². The Bertz CT molecular complexity index is 682. The van der Waals surface area contributed by atoms with Crippen molar-refractivity contribution in [1.82, 2.24) is 9.62 Å². The van der Waals surface area contributed by atoms with Gasteiger partial charge in [0.05, 0.1) is 11.0 Å². The molecule has 1 amide bonds. The lowest BCUT2D eigenvalue weighted by atomic mass is 10.1. The quantitative estimate of drug-likeness (QED) is 0.798. The lowest BCUT2D eigenvalue weighted by Gasteiger charge is -2.27. The molecule has 6 nitrogen and oxygen atoms in total. The van der Waals surface area contributed by atoms with Crippen LogP contribution in [0.2, 0.25) is 0 Å². The monoisotopic (exact) mass is 404 g/mol. The Morgan fingerprint density at radius 3 is 2.39 bits per heavy atom. The summed E-state index contributed by atoms with van der Waals surface area (Å²) in [6, 6.07) is 5.30. The fraction of sp³-hybridized carbons (Fsp3) is 0.533. The molecule has 1 aliphatic rings. The maximum Gasteiger partial charge on any atom is 0.243 e. The second kappa shape index (κ2) is 6.51. The third kappa shape index (κ3) is 4.32. The highest BCUT2D eigenvalue weighted by atomic mass is 79.9. The van der Waals surface area contributed by atoms with E-state index in [1.54, 1.807) is 12.1 Å². The minimum absolute atomic E-state index is 0.0827. The molecule has 0 saturated carbocycles. The normalized spacial score (nSPS) is 23.0. The van der Waals surface area contributed by atoms with Crippen molar-refractivity contribution in [3.8, 4) is 0 Å². The molecule has 1 saturated heterocycles. The molecule has 0 aliphatic carbocycles. The summed E-state index contributed by atoms with van der Waals surface area (Å²) in [6.07, 6.45) is -0.756. The Kier molecular flexibility index (Phi) is 5.20. The summed E-state index contributed by atoms with van der Waals surface area (Å²) in [5.41, 5.74) is -0.475. The van der Waals surface area contributed by atoms with Crippen LogP contribution in [-0.2, 0) is 14.8 Å². The van der Waals surface area contributed by atoms with E-state index in [-0.39, 0.29) is 17.9 Å². The maximum atomic E-state index is 12.8. The van der Waals surface area contributed by atoms with Gasteiger partial charge < -0.3 is 10.4 Å². The summed E-state index contributed by atoms with van der Waals surface area (Å²) in [5.74, 6) is -0.394. The molecule has 1 aromatic carbocycles. The zero-order valence-corrected chi connectivity index (χ0v) is 15.7. The van der Waals surface area contributed by atoms with Gasteiger partial charge in [-0.1, -0.05) is 15.9 Å². The first kappa shape index (κ1) is 18.4. The van der Waals surface area contributed by atoms with Crippen LogP contribution in [0.25, 0.3) is 0 Å². The number of hydrogen-bond donors (Lipinski definition) is 2. The molecule has 1 fully saturated rings. The second-order valence-corrected chi connectivity index (χ2v) is 9.48. The second-order valence-electron chi connectivity index (χ2n) is 6.67. The molecule has 128 valence electrons. The summed E-state index contributed by atoms with van der Waals surface area (Å²) in [5, 5.41) is 12.7. The van der Waals surface area contributed by atoms with Gasteiger partial charge in [0.15, 0.2) is 0 Å². The van der Waals surface area contributed by atoms with E-state index >= 15 is 0 Å². The fourth-order valence-corrected chi connectivity index (χ4v) is 4.38. The number of sulfonamides is 1. The van der Waals surface area contributed by atoms with E-state index in [9.17, 15) is 18.3 Å². The molecule has 0 spiro atoms. The molecule has 1 aromatic rings. The molecular formula is C15H21BrN2O4S. The van der Waals surface area contributed by atoms with Gasteiger partial charge in [0, 0.05) is 23.0 Å². The molecule has 0 bridgehead atoms. The highest BCUT2D eigenvalue weighted by Crippen LogP contribution is 2.27. The Hall–Kier alpha value is -0.960. The van der Waals surface area contributed by atoms with Gasteiger partial charge in [0.2, 0.25) is 15.9 Å². The molecular weight excluding hydrogens is 384 g/mol. The van der Waals surface area contributed by atoms with Crippen LogP contribution in [0.15, 0.2) is 33.6 Å². The predicted octanol–water partition coefficient (Wildman–Crippen LogP) is 1.49. The highest BCUT2D eigenvalue weighted by molar-refractivity contribution is 9.10. The van der Waals surface area contributed by atoms with Crippen LogP contribution in [0.4, 0.5) is 0 Å². The number of nitrogens with one attached hydrogen (secondary N) is 1. The number of aliphatic hydroxyl groups excluding tert-OH is 1. The third-order valence-corrected chi connectivity index (χ3v) is 5.87. The summed E-state index contributed by atoms with van der Waals surface area (Å²) < 4.78 is 27.4. The molecule has 0 aromatic heterocycles. The predicted molar refractivity (Wildman–Crippen MR) is 90.3 cm³/mol. The largest absolute Gasteiger partial charge is 0.392 e. The average molecular weight is 405 g/mol. The minimum Gasteiger partial charge on any atom is -0.392 e. The Labute approximate surface area is 145 Å². The van der Waals surface area contributed by atoms with Crippen molar-refractivity contribution in [1.29, 1.82) is 0 Å². The Morgan fingerprint density at radius 1 is 1.30 bits per heavy atom. The first-order valence-corrected chi connectivity index (χ1v) is 9.51. The van der Waals surface area contributed by atoms with Gasteiger partial charge in [-0.3, -0.25) is 4.79 Å². The van der Waals surface area contributed by atoms with Crippen molar-refractivity contribution in [3.05, 3.63) is 28.7 Å². The maximum absolute atomic E-state index is 12.8. The highest BCUT2D eigenvalue weighted by Gasteiger charge is 2.44. The van der Waals surface area contributed by atoms with E-state index in [1.165, 1.54) is 12.1 Å². The van der Waals surface area contributed by atoms with Crippen LogP contribution in [-0.4, -0.2) is 48.0 Å². The smallest absolute Gasteiger partial charge is 0.243 e. The molecule has 23 heavy (non-hydrogen) atoms. The molecule has 2 N–H and O–H groups in total. The van der Waals surface area contributed by atoms with Gasteiger partial charge in [-0.2, -0.15) is 4.31 Å². The van der Waals surface area contributed by atoms with Gasteiger partial charge >= 0.3 is 0 Å². The van der Waals surface area contributed by atoms with Crippen LogP contribution < -0.4 is 5.32 Å². The minimum atomic E-state index is -3.85. The summed E-state index contributed by atoms with van der Waals surface area (Å²) in [6.45, 7) is 5.39. The number of aliphatic hydroxyl groups is 1. The number of amides is 1. The van der Waals surface area contributed by atoms with Gasteiger partial charge in [-0.15, -0.1) is 0 Å². The molecule has 2 rings (SSSR count). The number of benzene rings is 1. The number of halogens is 1. The van der Waals surface area contributed by atoms with E-state index < -0.39 is 33.6 Å². The summed E-state index contributed by atoms with van der Waals surface area (Å²) in [7, 11) is -3.85. The SMILES string of the molecule is CC(C)(C)NC(=O)C1CC(O)CN1S(=O)(=O)c1ccc(Br)cc1. The van der Waals surface area contributed by atoms with Crippen molar-refractivity contribution < 1.29 is 18.3 Å². The van der Waals surface area contributed by atoms with Gasteiger partial charge in [-0.25, -0.2) is 8.42 Å². The topological polar surface area (TPSA) is 86.7 Å². The first-order chi connectivity index (χ1) is 10.5. The van der Waals surface area contributed by atoms with Crippen LogP contribution in [0.1, 0.15) is 27.2 Å². The van der Waals surface area contributed by atoms with Gasteiger partial charge in [-0.05, 0) is 45.0 Å². The van der Waals surface area contributed by atoms with E-state index in [2.05, 4.69) is 21.2 Å². The van der Waals surface area contributed by atoms with Gasteiger partial charge in [0.1, 0.15) is 6.04 Å². The molecule has 1 aliphatic heterocycles. The van der Waals surface area contributed by atoms with E-state index in [0.717, 1.165) is 8.78 Å². The lowest BCUT2D eigenvalue weighted by Crippen LogP contribution is -2.51. The molecule has 2 unspecified atom stereocenters. The Morgan fingerprint density at radius 2 is 1.87 bits per heavy atom.